The van der Waals surface area contributed by atoms with Crippen LogP contribution < -0.4 is 28.5 Å². The number of benzene rings is 2. The van der Waals surface area contributed by atoms with E-state index < -0.39 is 0 Å². The third-order valence-corrected chi connectivity index (χ3v) is 7.99. The summed E-state index contributed by atoms with van der Waals surface area (Å²) in [7, 11) is 8.43. The zero-order chi connectivity index (χ0) is 25.1. The molecule has 0 spiro atoms. The summed E-state index contributed by atoms with van der Waals surface area (Å²) in [5.74, 6) is 2.41. The molecule has 35 heavy (non-hydrogen) atoms. The van der Waals surface area contributed by atoms with Crippen LogP contribution in [0.3, 0.4) is 0 Å². The zero-order valence-corrected chi connectivity index (χ0v) is 22.9. The fourth-order valence-electron chi connectivity index (χ4n) is 4.66. The average molecular weight is 540 g/mol. The number of methoxy groups -OCH3 is 4. The predicted molar refractivity (Wildman–Crippen MR) is 140 cm³/mol. The minimum atomic E-state index is 0.229. The topological polar surface area (TPSA) is 56.9 Å². The molecule has 1 heterocycles. The Bertz CT molecular complexity index is 1200. The highest BCUT2D eigenvalue weighted by Gasteiger charge is 2.39. The van der Waals surface area contributed by atoms with Gasteiger partial charge in [0.2, 0.25) is 5.69 Å². The van der Waals surface area contributed by atoms with Gasteiger partial charge in [0.15, 0.2) is 22.3 Å². The second-order valence-corrected chi connectivity index (χ2v) is 10.0. The lowest BCUT2D eigenvalue weighted by Gasteiger charge is -2.30. The van der Waals surface area contributed by atoms with Crippen LogP contribution in [0.5, 0.6) is 23.0 Å². The summed E-state index contributed by atoms with van der Waals surface area (Å²) < 4.78 is 24.7. The first-order valence-electron chi connectivity index (χ1n) is 11.4. The van der Waals surface area contributed by atoms with Gasteiger partial charge in [-0.25, -0.2) is 4.90 Å². The molecule has 10 heteroatoms. The van der Waals surface area contributed by atoms with E-state index in [0.717, 1.165) is 41.5 Å². The molecular formula is C25H30Cl2N3O4S+. The highest BCUT2D eigenvalue weighted by Crippen LogP contribution is 2.50. The summed E-state index contributed by atoms with van der Waals surface area (Å²) in [6.45, 7) is 0. The van der Waals surface area contributed by atoms with Gasteiger partial charge in [0.1, 0.15) is 24.4 Å². The maximum absolute atomic E-state index is 6.59. The normalized spacial score (nSPS) is 14.0. The summed E-state index contributed by atoms with van der Waals surface area (Å²) in [5.41, 5.74) is 1.51. The number of hydrogen-bond acceptors (Lipinski definition) is 7. The quantitative estimate of drug-likeness (QED) is 0.307. The van der Waals surface area contributed by atoms with Crippen molar-refractivity contribution in [2.45, 2.75) is 38.1 Å². The number of aryl methyl sites for hydroxylation is 1. The highest BCUT2D eigenvalue weighted by molar-refractivity contribution is 7.18. The number of rotatable bonds is 8. The monoisotopic (exact) mass is 538 g/mol. The second kappa shape index (κ2) is 11.1. The Morgan fingerprint density at radius 3 is 2.06 bits per heavy atom. The van der Waals surface area contributed by atoms with Gasteiger partial charge in [0.25, 0.3) is 0 Å². The van der Waals surface area contributed by atoms with Gasteiger partial charge < -0.3 is 18.9 Å². The molecule has 0 atom stereocenters. The number of ether oxygens (including phenoxy) is 4. The molecule has 0 aliphatic heterocycles. The molecule has 1 saturated carbocycles. The van der Waals surface area contributed by atoms with E-state index >= 15 is 0 Å². The van der Waals surface area contributed by atoms with Gasteiger partial charge in [0, 0.05) is 0 Å². The molecule has 3 aromatic rings. The summed E-state index contributed by atoms with van der Waals surface area (Å²) in [6, 6.07) is 7.48. The van der Waals surface area contributed by atoms with E-state index in [4.69, 9.17) is 47.2 Å². The van der Waals surface area contributed by atoms with E-state index in [-0.39, 0.29) is 6.04 Å². The van der Waals surface area contributed by atoms with Crippen LogP contribution in [-0.2, 0) is 7.05 Å². The van der Waals surface area contributed by atoms with Gasteiger partial charge in [-0.15, -0.1) is 4.68 Å². The molecule has 1 aliphatic rings. The molecule has 0 saturated heterocycles. The number of nitrogens with zero attached hydrogens (tertiary/aromatic N) is 3. The Labute approximate surface area is 220 Å². The first kappa shape index (κ1) is 25.7. The predicted octanol–water partition coefficient (Wildman–Crippen LogP) is 6.45. The minimum absolute atomic E-state index is 0.229. The number of halogens is 2. The third kappa shape index (κ3) is 4.84. The molecule has 4 rings (SSSR count). The first-order valence-corrected chi connectivity index (χ1v) is 13.0. The minimum Gasteiger partial charge on any atom is -0.496 e. The van der Waals surface area contributed by atoms with Gasteiger partial charge in [-0.3, -0.25) is 0 Å². The maximum atomic E-state index is 6.59. The van der Waals surface area contributed by atoms with Crippen LogP contribution >= 0.6 is 34.5 Å². The molecule has 0 unspecified atom stereocenters. The van der Waals surface area contributed by atoms with Crippen LogP contribution in [-0.4, -0.2) is 39.6 Å². The molecule has 0 amide bonds. The van der Waals surface area contributed by atoms with Crippen molar-refractivity contribution in [3.05, 3.63) is 34.3 Å². The summed E-state index contributed by atoms with van der Waals surface area (Å²) >= 11 is 14.6. The Morgan fingerprint density at radius 2 is 1.46 bits per heavy atom. The van der Waals surface area contributed by atoms with E-state index in [1.807, 2.05) is 23.9 Å². The molecule has 0 bridgehead atoms. The standard InChI is InChI=1S/C25H30Cl2N3O4S/c1-29-25(35-24(28-29)20-18(31-2)13-11-16(26)22(20)33-4)30(15-9-7-6-8-10-15)21-19(32-3)14-12-17(27)23(21)34-5/h11-15H,6-10H2,1-5H3/q+1. The third-order valence-electron chi connectivity index (χ3n) is 6.27. The molecule has 1 fully saturated rings. The average Bonchev–Trinajstić information content (AvgIpc) is 3.25. The molecule has 1 aliphatic carbocycles. The molecule has 0 N–H and O–H groups in total. The summed E-state index contributed by atoms with van der Waals surface area (Å²) in [4.78, 5) is 2.27. The zero-order valence-electron chi connectivity index (χ0n) is 20.6. The van der Waals surface area contributed by atoms with E-state index in [1.165, 1.54) is 17.8 Å². The van der Waals surface area contributed by atoms with Crippen molar-refractivity contribution < 1.29 is 23.6 Å². The van der Waals surface area contributed by atoms with Gasteiger partial charge >= 0.3 is 5.13 Å². The van der Waals surface area contributed by atoms with Crippen molar-refractivity contribution in [3.63, 3.8) is 0 Å². The number of hydrogen-bond donors (Lipinski definition) is 0. The summed E-state index contributed by atoms with van der Waals surface area (Å²) in [5, 5.41) is 7.52. The Balaban J connectivity index is 1.95. The smallest absolute Gasteiger partial charge is 0.364 e. The Morgan fingerprint density at radius 1 is 0.857 bits per heavy atom. The molecule has 0 radical (unpaired) electrons. The van der Waals surface area contributed by atoms with Crippen LogP contribution in [0.15, 0.2) is 24.3 Å². The molecule has 2 aromatic carbocycles. The van der Waals surface area contributed by atoms with Crippen LogP contribution in [0.1, 0.15) is 32.1 Å². The van der Waals surface area contributed by atoms with Gasteiger partial charge in [-0.1, -0.05) is 34.7 Å². The maximum Gasteiger partial charge on any atom is 0.364 e. The van der Waals surface area contributed by atoms with E-state index in [1.54, 1.807) is 40.6 Å². The van der Waals surface area contributed by atoms with Crippen molar-refractivity contribution in [2.24, 2.45) is 7.05 Å². The molecule has 188 valence electrons. The van der Waals surface area contributed by atoms with E-state index in [0.29, 0.717) is 38.6 Å². The van der Waals surface area contributed by atoms with E-state index in [2.05, 4.69) is 4.90 Å². The van der Waals surface area contributed by atoms with Crippen molar-refractivity contribution in [2.75, 3.05) is 33.3 Å². The van der Waals surface area contributed by atoms with Gasteiger partial charge in [-0.2, -0.15) is 0 Å². The van der Waals surface area contributed by atoms with Crippen molar-refractivity contribution >= 4 is 45.4 Å². The molecular weight excluding hydrogens is 509 g/mol. The van der Waals surface area contributed by atoms with Crippen molar-refractivity contribution in [3.8, 4) is 33.6 Å². The van der Waals surface area contributed by atoms with Gasteiger partial charge in [-0.05, 0) is 61.3 Å². The van der Waals surface area contributed by atoms with Crippen LogP contribution in [0.4, 0.5) is 10.8 Å². The first-order chi connectivity index (χ1) is 16.9. The van der Waals surface area contributed by atoms with Crippen LogP contribution in [0.2, 0.25) is 10.0 Å². The lowest BCUT2D eigenvalue weighted by molar-refractivity contribution is -0.713. The van der Waals surface area contributed by atoms with E-state index in [9.17, 15) is 0 Å². The molecule has 1 aromatic heterocycles. The highest BCUT2D eigenvalue weighted by atomic mass is 35.5. The van der Waals surface area contributed by atoms with Crippen molar-refractivity contribution in [1.82, 2.24) is 5.10 Å². The van der Waals surface area contributed by atoms with Gasteiger partial charge in [0.05, 0.1) is 38.5 Å². The second-order valence-electron chi connectivity index (χ2n) is 8.26. The fourth-order valence-corrected chi connectivity index (χ4v) is 6.27. The van der Waals surface area contributed by atoms with Crippen LogP contribution in [0, 0.1) is 0 Å². The SMILES string of the molecule is COc1ccc(Cl)c(OC)c1-c1n[n+](C)c(N(c2c(OC)ccc(Cl)c2OC)C2CCCCC2)s1. The van der Waals surface area contributed by atoms with Crippen molar-refractivity contribution in [1.29, 1.82) is 0 Å². The lowest BCUT2D eigenvalue weighted by atomic mass is 9.94. The number of anilines is 2. The Kier molecular flexibility index (Phi) is 8.14. The fraction of sp³-hybridized carbons (Fsp3) is 0.440. The largest absolute Gasteiger partial charge is 0.496 e. The Hall–Kier alpha value is -2.42. The molecule has 7 nitrogen and oxygen atoms in total. The summed E-state index contributed by atoms with van der Waals surface area (Å²) in [6.07, 6.45) is 5.60. The lowest BCUT2D eigenvalue weighted by Crippen LogP contribution is -2.42. The van der Waals surface area contributed by atoms with Crippen LogP contribution in [0.25, 0.3) is 10.6 Å². The number of aromatic nitrogens is 2.